The number of nitrogens with one attached hydrogen (secondary N) is 1. The zero-order chi connectivity index (χ0) is 16.4. The van der Waals surface area contributed by atoms with E-state index in [4.69, 9.17) is 4.74 Å². The van der Waals surface area contributed by atoms with Crippen LogP contribution in [0.3, 0.4) is 0 Å². The normalized spacial score (nSPS) is 15.9. The van der Waals surface area contributed by atoms with Crippen LogP contribution in [0.2, 0.25) is 0 Å². The Morgan fingerprint density at radius 1 is 1.00 bits per heavy atom. The maximum atomic E-state index is 12.3. The van der Waals surface area contributed by atoms with Gasteiger partial charge in [0.15, 0.2) is 6.61 Å². The van der Waals surface area contributed by atoms with Crippen LogP contribution >= 0.6 is 0 Å². The van der Waals surface area contributed by atoms with Crippen molar-refractivity contribution in [3.63, 3.8) is 0 Å². The number of aryl methyl sites for hydroxylation is 1. The highest BCUT2D eigenvalue weighted by atomic mass is 16.5. The fourth-order valence-corrected chi connectivity index (χ4v) is 3.41. The molecule has 0 spiro atoms. The summed E-state index contributed by atoms with van der Waals surface area (Å²) in [6.07, 6.45) is 1.98. The van der Waals surface area contributed by atoms with Gasteiger partial charge in [-0.25, -0.2) is 0 Å². The predicted molar refractivity (Wildman–Crippen MR) is 95.1 cm³/mol. The molecule has 0 radical (unpaired) electrons. The number of carbonyl (C=O) groups excluding carboxylic acids is 1. The Morgan fingerprint density at radius 3 is 2.75 bits per heavy atom. The Balaban J connectivity index is 1.42. The third-order valence-electron chi connectivity index (χ3n) is 4.58. The molecule has 1 aliphatic carbocycles. The Hall–Kier alpha value is -2.81. The van der Waals surface area contributed by atoms with E-state index in [-0.39, 0.29) is 18.6 Å². The topological polar surface area (TPSA) is 38.3 Å². The standard InChI is InChI=1S/C21H19NO2/c23-21(22-19-13-12-16-7-1-3-9-17(16)19)14-24-20-11-5-8-15-6-2-4-10-18(15)20/h1-11,19H,12-14H2,(H,22,23)/t19-/m1/s1. The Kier molecular flexibility index (Phi) is 3.91. The second kappa shape index (κ2) is 6.36. The van der Waals surface area contributed by atoms with Crippen LogP contribution in [0.1, 0.15) is 23.6 Å². The number of rotatable bonds is 4. The van der Waals surface area contributed by atoms with Crippen molar-refractivity contribution in [2.24, 2.45) is 0 Å². The predicted octanol–water partition coefficient (Wildman–Crippen LogP) is 4.02. The van der Waals surface area contributed by atoms with Gasteiger partial charge >= 0.3 is 0 Å². The highest BCUT2D eigenvalue weighted by Crippen LogP contribution is 2.30. The molecule has 0 heterocycles. The van der Waals surface area contributed by atoms with Crippen LogP contribution in [0.25, 0.3) is 10.8 Å². The minimum absolute atomic E-state index is 0.0344. The first-order valence-corrected chi connectivity index (χ1v) is 8.29. The SMILES string of the molecule is O=C(COc1cccc2ccccc12)N[C@@H]1CCc2ccccc21. The summed E-state index contributed by atoms with van der Waals surface area (Å²) in [5.74, 6) is 0.666. The van der Waals surface area contributed by atoms with Crippen LogP contribution in [0.5, 0.6) is 5.75 Å². The van der Waals surface area contributed by atoms with Gasteiger partial charge in [0.2, 0.25) is 0 Å². The third kappa shape index (κ3) is 2.85. The molecule has 0 aromatic heterocycles. The van der Waals surface area contributed by atoms with E-state index in [1.165, 1.54) is 11.1 Å². The molecule has 0 saturated carbocycles. The molecule has 0 bridgehead atoms. The van der Waals surface area contributed by atoms with E-state index in [0.29, 0.717) is 0 Å². The van der Waals surface area contributed by atoms with Crippen LogP contribution in [0.15, 0.2) is 66.7 Å². The zero-order valence-electron chi connectivity index (χ0n) is 13.4. The number of hydrogen-bond donors (Lipinski definition) is 1. The molecule has 4 rings (SSSR count). The lowest BCUT2D eigenvalue weighted by Crippen LogP contribution is -2.31. The molecule has 3 heteroatoms. The first-order valence-electron chi connectivity index (χ1n) is 8.29. The van der Waals surface area contributed by atoms with Crippen molar-refractivity contribution in [1.29, 1.82) is 0 Å². The summed E-state index contributed by atoms with van der Waals surface area (Å²) >= 11 is 0. The van der Waals surface area contributed by atoms with Gasteiger partial charge in [0.05, 0.1) is 6.04 Å². The molecule has 1 aliphatic rings. The Morgan fingerprint density at radius 2 is 1.79 bits per heavy atom. The van der Waals surface area contributed by atoms with Crippen molar-refractivity contribution in [3.8, 4) is 5.75 Å². The van der Waals surface area contributed by atoms with Gasteiger partial charge in [0, 0.05) is 5.39 Å². The van der Waals surface area contributed by atoms with Gasteiger partial charge in [-0.3, -0.25) is 4.79 Å². The third-order valence-corrected chi connectivity index (χ3v) is 4.58. The summed E-state index contributed by atoms with van der Waals surface area (Å²) in [4.78, 5) is 12.3. The molecule has 1 atom stereocenters. The average Bonchev–Trinajstić information content (AvgIpc) is 3.03. The summed E-state index contributed by atoms with van der Waals surface area (Å²) in [6.45, 7) is 0.0344. The minimum Gasteiger partial charge on any atom is -0.483 e. The van der Waals surface area contributed by atoms with Gasteiger partial charge in [-0.15, -0.1) is 0 Å². The summed E-state index contributed by atoms with van der Waals surface area (Å²) in [6, 6.07) is 22.3. The smallest absolute Gasteiger partial charge is 0.258 e. The van der Waals surface area contributed by atoms with Crippen molar-refractivity contribution < 1.29 is 9.53 Å². The van der Waals surface area contributed by atoms with Gasteiger partial charge < -0.3 is 10.1 Å². The molecule has 120 valence electrons. The first-order chi connectivity index (χ1) is 11.8. The lowest BCUT2D eigenvalue weighted by molar-refractivity contribution is -0.123. The van der Waals surface area contributed by atoms with Crippen molar-refractivity contribution in [1.82, 2.24) is 5.32 Å². The van der Waals surface area contributed by atoms with Crippen LogP contribution in [0.4, 0.5) is 0 Å². The van der Waals surface area contributed by atoms with Crippen molar-refractivity contribution in [2.45, 2.75) is 18.9 Å². The Labute approximate surface area is 141 Å². The maximum absolute atomic E-state index is 12.3. The van der Waals surface area contributed by atoms with Crippen molar-refractivity contribution >= 4 is 16.7 Å². The van der Waals surface area contributed by atoms with Crippen LogP contribution in [-0.4, -0.2) is 12.5 Å². The molecule has 0 aliphatic heterocycles. The maximum Gasteiger partial charge on any atom is 0.258 e. The first kappa shape index (κ1) is 14.8. The molecule has 3 aromatic carbocycles. The summed E-state index contributed by atoms with van der Waals surface area (Å²) in [5.41, 5.74) is 2.56. The highest BCUT2D eigenvalue weighted by Gasteiger charge is 2.23. The molecule has 0 unspecified atom stereocenters. The average molecular weight is 317 g/mol. The number of benzene rings is 3. The van der Waals surface area contributed by atoms with Gasteiger partial charge in [-0.05, 0) is 35.4 Å². The van der Waals surface area contributed by atoms with Gasteiger partial charge in [-0.2, -0.15) is 0 Å². The Bertz CT molecular complexity index is 882. The molecule has 0 fully saturated rings. The van der Waals surface area contributed by atoms with E-state index in [9.17, 15) is 4.79 Å². The van der Waals surface area contributed by atoms with E-state index in [1.807, 2.05) is 54.6 Å². The lowest BCUT2D eigenvalue weighted by Gasteiger charge is -2.15. The van der Waals surface area contributed by atoms with Crippen molar-refractivity contribution in [2.75, 3.05) is 6.61 Å². The molecule has 0 saturated heterocycles. The van der Waals surface area contributed by atoms with E-state index >= 15 is 0 Å². The minimum atomic E-state index is -0.0790. The number of hydrogen-bond acceptors (Lipinski definition) is 2. The zero-order valence-corrected chi connectivity index (χ0v) is 13.4. The van der Waals surface area contributed by atoms with Gasteiger partial charge in [0.25, 0.3) is 5.91 Å². The largest absolute Gasteiger partial charge is 0.483 e. The highest BCUT2D eigenvalue weighted by molar-refractivity contribution is 5.88. The second-order valence-corrected chi connectivity index (χ2v) is 6.12. The second-order valence-electron chi connectivity index (χ2n) is 6.12. The van der Waals surface area contributed by atoms with Crippen molar-refractivity contribution in [3.05, 3.63) is 77.9 Å². The fraction of sp³-hybridized carbons (Fsp3) is 0.190. The van der Waals surface area contributed by atoms with E-state index in [1.54, 1.807) is 0 Å². The number of amides is 1. The number of ether oxygens (including phenoxy) is 1. The molecule has 24 heavy (non-hydrogen) atoms. The molecular formula is C21H19NO2. The van der Waals surface area contributed by atoms with Gasteiger partial charge in [0.1, 0.15) is 5.75 Å². The monoisotopic (exact) mass is 317 g/mol. The van der Waals surface area contributed by atoms with Crippen LogP contribution in [0, 0.1) is 0 Å². The lowest BCUT2D eigenvalue weighted by atomic mass is 10.1. The summed E-state index contributed by atoms with van der Waals surface area (Å²) < 4.78 is 5.77. The molecule has 1 amide bonds. The molecule has 3 aromatic rings. The van der Waals surface area contributed by atoms with Gasteiger partial charge in [-0.1, -0.05) is 60.7 Å². The van der Waals surface area contributed by atoms with E-state index in [2.05, 4.69) is 17.4 Å². The fourth-order valence-electron chi connectivity index (χ4n) is 3.41. The van der Waals surface area contributed by atoms with E-state index < -0.39 is 0 Å². The van der Waals surface area contributed by atoms with Crippen LogP contribution in [-0.2, 0) is 11.2 Å². The number of fused-ring (bicyclic) bond motifs is 2. The van der Waals surface area contributed by atoms with E-state index in [0.717, 1.165) is 29.4 Å². The molecule has 1 N–H and O–H groups in total. The number of carbonyl (C=O) groups is 1. The molecule has 3 nitrogen and oxygen atoms in total. The molecular weight excluding hydrogens is 298 g/mol. The van der Waals surface area contributed by atoms with Crippen LogP contribution < -0.4 is 10.1 Å². The summed E-state index contributed by atoms with van der Waals surface area (Å²) in [7, 11) is 0. The quantitative estimate of drug-likeness (QED) is 0.789. The summed E-state index contributed by atoms with van der Waals surface area (Å²) in [5, 5.41) is 5.23.